The Hall–Kier alpha value is -1.06. The van der Waals surface area contributed by atoms with E-state index in [0.717, 1.165) is 18.7 Å². The van der Waals surface area contributed by atoms with Crippen molar-refractivity contribution in [2.45, 2.75) is 52.4 Å². The first-order valence-corrected chi connectivity index (χ1v) is 7.00. The summed E-state index contributed by atoms with van der Waals surface area (Å²) in [5.41, 5.74) is 2.05. The van der Waals surface area contributed by atoms with Crippen LogP contribution in [0.3, 0.4) is 0 Å². The molecule has 3 heteroatoms. The van der Waals surface area contributed by atoms with Crippen LogP contribution in [0.15, 0.2) is 18.2 Å². The standard InChI is InChI=1S/C16H25NO2/c1-11-6-7-15(18)14(8-11)13(3)17-9-12(2)19-16(4,5)10-17/h6-8,12-13,18H,9-10H2,1-5H3. The SMILES string of the molecule is Cc1ccc(O)c(C(C)N2CC(C)OC(C)(C)C2)c1. The summed E-state index contributed by atoms with van der Waals surface area (Å²) in [7, 11) is 0. The lowest BCUT2D eigenvalue weighted by molar-refractivity contribution is -0.137. The molecular weight excluding hydrogens is 238 g/mol. The Morgan fingerprint density at radius 3 is 2.74 bits per heavy atom. The van der Waals surface area contributed by atoms with Gasteiger partial charge in [-0.25, -0.2) is 0 Å². The minimum absolute atomic E-state index is 0.134. The van der Waals surface area contributed by atoms with Gasteiger partial charge in [-0.2, -0.15) is 0 Å². The number of nitrogens with zero attached hydrogens (tertiary/aromatic N) is 1. The van der Waals surface area contributed by atoms with Crippen LogP contribution in [0.5, 0.6) is 5.75 Å². The number of phenols is 1. The van der Waals surface area contributed by atoms with E-state index in [-0.39, 0.29) is 17.7 Å². The third-order valence-corrected chi connectivity index (χ3v) is 3.78. The molecule has 2 rings (SSSR count). The average molecular weight is 263 g/mol. The van der Waals surface area contributed by atoms with Crippen molar-refractivity contribution in [3.63, 3.8) is 0 Å². The van der Waals surface area contributed by atoms with Gasteiger partial charge in [0.2, 0.25) is 0 Å². The molecule has 1 fully saturated rings. The van der Waals surface area contributed by atoms with Gasteiger partial charge in [-0.3, -0.25) is 4.90 Å². The highest BCUT2D eigenvalue weighted by Crippen LogP contribution is 2.33. The Labute approximate surface area is 116 Å². The second kappa shape index (κ2) is 5.14. The number of ether oxygens (including phenoxy) is 1. The number of hydrogen-bond donors (Lipinski definition) is 1. The van der Waals surface area contributed by atoms with E-state index in [1.165, 1.54) is 5.56 Å². The van der Waals surface area contributed by atoms with Crippen LogP contribution in [0, 0.1) is 6.92 Å². The molecule has 1 N–H and O–H groups in total. The minimum Gasteiger partial charge on any atom is -0.508 e. The van der Waals surface area contributed by atoms with Gasteiger partial charge in [0.05, 0.1) is 11.7 Å². The highest BCUT2D eigenvalue weighted by Gasteiger charge is 2.34. The lowest BCUT2D eigenvalue weighted by atomic mass is 9.98. The van der Waals surface area contributed by atoms with Crippen LogP contribution >= 0.6 is 0 Å². The van der Waals surface area contributed by atoms with Gasteiger partial charge in [-0.15, -0.1) is 0 Å². The molecule has 0 spiro atoms. The van der Waals surface area contributed by atoms with E-state index in [1.54, 1.807) is 6.07 Å². The number of aryl methyl sites for hydroxylation is 1. The van der Waals surface area contributed by atoms with Crippen molar-refractivity contribution in [2.24, 2.45) is 0 Å². The second-order valence-electron chi connectivity index (χ2n) is 6.36. The Morgan fingerprint density at radius 1 is 1.42 bits per heavy atom. The van der Waals surface area contributed by atoms with Crippen LogP contribution < -0.4 is 0 Å². The predicted octanol–water partition coefficient (Wildman–Crippen LogP) is 3.26. The van der Waals surface area contributed by atoms with Gasteiger partial charge in [-0.05, 0) is 40.7 Å². The lowest BCUT2D eigenvalue weighted by Gasteiger charge is -2.44. The fraction of sp³-hybridized carbons (Fsp3) is 0.625. The molecule has 1 heterocycles. The molecule has 2 unspecified atom stereocenters. The molecule has 1 saturated heterocycles. The molecule has 0 amide bonds. The zero-order chi connectivity index (χ0) is 14.2. The first-order chi connectivity index (χ1) is 8.78. The predicted molar refractivity (Wildman–Crippen MR) is 77.5 cm³/mol. The van der Waals surface area contributed by atoms with Gasteiger partial charge in [0.1, 0.15) is 5.75 Å². The van der Waals surface area contributed by atoms with E-state index in [4.69, 9.17) is 4.74 Å². The van der Waals surface area contributed by atoms with Crippen LogP contribution in [0.2, 0.25) is 0 Å². The Balaban J connectivity index is 2.23. The highest BCUT2D eigenvalue weighted by molar-refractivity contribution is 5.37. The van der Waals surface area contributed by atoms with E-state index in [0.29, 0.717) is 5.75 Å². The second-order valence-corrected chi connectivity index (χ2v) is 6.36. The van der Waals surface area contributed by atoms with E-state index in [9.17, 15) is 5.11 Å². The molecular formula is C16H25NO2. The fourth-order valence-corrected chi connectivity index (χ4v) is 3.00. The largest absolute Gasteiger partial charge is 0.508 e. The smallest absolute Gasteiger partial charge is 0.120 e. The first kappa shape index (κ1) is 14.4. The molecule has 19 heavy (non-hydrogen) atoms. The first-order valence-electron chi connectivity index (χ1n) is 7.00. The number of phenolic OH excluding ortho intramolecular Hbond substituents is 1. The summed E-state index contributed by atoms with van der Waals surface area (Å²) in [5.74, 6) is 0.384. The van der Waals surface area contributed by atoms with Gasteiger partial charge in [0, 0.05) is 24.7 Å². The number of rotatable bonds is 2. The van der Waals surface area contributed by atoms with E-state index >= 15 is 0 Å². The maximum absolute atomic E-state index is 10.1. The number of benzene rings is 1. The topological polar surface area (TPSA) is 32.7 Å². The van der Waals surface area contributed by atoms with Crippen molar-refractivity contribution in [2.75, 3.05) is 13.1 Å². The summed E-state index contributed by atoms with van der Waals surface area (Å²) in [4.78, 5) is 2.39. The number of morpholine rings is 1. The van der Waals surface area contributed by atoms with Crippen molar-refractivity contribution in [1.29, 1.82) is 0 Å². The van der Waals surface area contributed by atoms with Crippen LogP contribution in [-0.2, 0) is 4.74 Å². The number of aromatic hydroxyl groups is 1. The molecule has 0 aliphatic carbocycles. The molecule has 0 bridgehead atoms. The molecule has 0 saturated carbocycles. The average Bonchev–Trinajstić information content (AvgIpc) is 2.29. The van der Waals surface area contributed by atoms with Crippen molar-refractivity contribution in [3.05, 3.63) is 29.3 Å². The van der Waals surface area contributed by atoms with E-state index in [1.807, 2.05) is 6.07 Å². The molecule has 1 aliphatic rings. The molecule has 0 radical (unpaired) electrons. The quantitative estimate of drug-likeness (QED) is 0.889. The summed E-state index contributed by atoms with van der Waals surface area (Å²) in [6.45, 7) is 12.3. The Bertz CT molecular complexity index is 456. The third kappa shape index (κ3) is 3.28. The Kier molecular flexibility index (Phi) is 3.88. The van der Waals surface area contributed by atoms with Gasteiger partial charge in [-0.1, -0.05) is 17.7 Å². The summed E-state index contributed by atoms with van der Waals surface area (Å²) in [5, 5.41) is 10.1. The molecule has 2 atom stereocenters. The fourth-order valence-electron chi connectivity index (χ4n) is 3.00. The van der Waals surface area contributed by atoms with Crippen LogP contribution in [0.25, 0.3) is 0 Å². The molecule has 0 aromatic heterocycles. The van der Waals surface area contributed by atoms with Crippen molar-refractivity contribution in [3.8, 4) is 5.75 Å². The summed E-state index contributed by atoms with van der Waals surface area (Å²) in [6.07, 6.45) is 0.221. The van der Waals surface area contributed by atoms with E-state index in [2.05, 4.69) is 45.6 Å². The lowest BCUT2D eigenvalue weighted by Crippen LogP contribution is -2.52. The summed E-state index contributed by atoms with van der Waals surface area (Å²) < 4.78 is 5.94. The third-order valence-electron chi connectivity index (χ3n) is 3.78. The maximum Gasteiger partial charge on any atom is 0.120 e. The van der Waals surface area contributed by atoms with Gasteiger partial charge in [0.25, 0.3) is 0 Å². The van der Waals surface area contributed by atoms with Gasteiger partial charge in [0.15, 0.2) is 0 Å². The van der Waals surface area contributed by atoms with Crippen molar-refractivity contribution >= 4 is 0 Å². The van der Waals surface area contributed by atoms with E-state index < -0.39 is 0 Å². The molecule has 1 aliphatic heterocycles. The minimum atomic E-state index is -0.134. The van der Waals surface area contributed by atoms with Crippen molar-refractivity contribution in [1.82, 2.24) is 4.90 Å². The molecule has 3 nitrogen and oxygen atoms in total. The Morgan fingerprint density at radius 2 is 2.11 bits per heavy atom. The summed E-state index contributed by atoms with van der Waals surface area (Å²) >= 11 is 0. The zero-order valence-corrected chi connectivity index (χ0v) is 12.6. The van der Waals surface area contributed by atoms with Gasteiger partial charge < -0.3 is 9.84 Å². The van der Waals surface area contributed by atoms with Crippen molar-refractivity contribution < 1.29 is 9.84 Å². The molecule has 1 aromatic carbocycles. The summed E-state index contributed by atoms with van der Waals surface area (Å²) in [6, 6.07) is 6.01. The normalized spacial score (nSPS) is 25.2. The van der Waals surface area contributed by atoms with Crippen LogP contribution in [0.4, 0.5) is 0 Å². The van der Waals surface area contributed by atoms with Crippen LogP contribution in [0.1, 0.15) is 44.9 Å². The number of hydrogen-bond acceptors (Lipinski definition) is 3. The molecule has 106 valence electrons. The molecule has 1 aromatic rings. The monoisotopic (exact) mass is 263 g/mol. The highest BCUT2D eigenvalue weighted by atomic mass is 16.5. The van der Waals surface area contributed by atoms with Gasteiger partial charge >= 0.3 is 0 Å². The maximum atomic E-state index is 10.1. The van der Waals surface area contributed by atoms with Crippen LogP contribution in [-0.4, -0.2) is 34.8 Å². The zero-order valence-electron chi connectivity index (χ0n) is 12.6.